The summed E-state index contributed by atoms with van der Waals surface area (Å²) in [6, 6.07) is 0. The maximum Gasteiger partial charge on any atom is 0.323 e. The molecule has 0 radical (unpaired) electrons. The second kappa shape index (κ2) is 7.71. The van der Waals surface area contributed by atoms with E-state index in [0.29, 0.717) is 26.1 Å². The Morgan fingerprint density at radius 1 is 1.61 bits per heavy atom. The Balaban J connectivity index is 2.16. The number of ether oxygens (including phenoxy) is 2. The topological polar surface area (TPSA) is 67.8 Å². The lowest BCUT2D eigenvalue weighted by atomic mass is 9.91. The summed E-state index contributed by atoms with van der Waals surface area (Å²) in [6.45, 7) is 3.95. The number of likely N-dealkylation sites (N-methyl/N-ethyl adjacent to an activating group) is 1. The highest BCUT2D eigenvalue weighted by Crippen LogP contribution is 2.18. The van der Waals surface area contributed by atoms with Gasteiger partial charge in [-0.15, -0.1) is 0 Å². The average molecular weight is 259 g/mol. The van der Waals surface area contributed by atoms with E-state index in [2.05, 4.69) is 5.32 Å². The first-order chi connectivity index (χ1) is 8.64. The second-order valence-corrected chi connectivity index (χ2v) is 4.80. The first-order valence-electron chi connectivity index (χ1n) is 6.76. The minimum absolute atomic E-state index is 0.240. The summed E-state index contributed by atoms with van der Waals surface area (Å²) in [5, 5.41) is 12.1. The van der Waals surface area contributed by atoms with Gasteiger partial charge in [0, 0.05) is 13.2 Å². The van der Waals surface area contributed by atoms with Crippen LogP contribution in [0, 0.1) is 0 Å². The number of carboxylic acid groups (broad SMARTS) is 1. The molecular weight excluding hydrogens is 234 g/mol. The zero-order valence-corrected chi connectivity index (χ0v) is 11.4. The number of carbonyl (C=O) groups is 1. The molecule has 1 heterocycles. The minimum atomic E-state index is -0.812. The van der Waals surface area contributed by atoms with E-state index >= 15 is 0 Å². The molecule has 1 fully saturated rings. The van der Waals surface area contributed by atoms with Crippen LogP contribution >= 0.6 is 0 Å². The van der Waals surface area contributed by atoms with Crippen LogP contribution in [0.2, 0.25) is 0 Å². The molecule has 0 spiro atoms. The van der Waals surface area contributed by atoms with Gasteiger partial charge in [-0.1, -0.05) is 6.92 Å². The van der Waals surface area contributed by atoms with Gasteiger partial charge in [0.2, 0.25) is 0 Å². The minimum Gasteiger partial charge on any atom is -0.480 e. The maximum absolute atomic E-state index is 11.2. The molecule has 1 rings (SSSR count). The van der Waals surface area contributed by atoms with Crippen LogP contribution in [0.5, 0.6) is 0 Å². The van der Waals surface area contributed by atoms with E-state index in [1.807, 2.05) is 6.92 Å². The van der Waals surface area contributed by atoms with E-state index in [4.69, 9.17) is 9.47 Å². The van der Waals surface area contributed by atoms with Gasteiger partial charge in [0.25, 0.3) is 0 Å². The number of carboxylic acids is 1. The molecule has 1 saturated heterocycles. The molecule has 0 aliphatic carbocycles. The fourth-order valence-electron chi connectivity index (χ4n) is 2.31. The van der Waals surface area contributed by atoms with Gasteiger partial charge in [-0.3, -0.25) is 4.79 Å². The highest BCUT2D eigenvalue weighted by atomic mass is 16.5. The Hall–Kier alpha value is -0.650. The Morgan fingerprint density at radius 3 is 2.89 bits per heavy atom. The Labute approximate surface area is 109 Å². The van der Waals surface area contributed by atoms with Crippen molar-refractivity contribution in [1.82, 2.24) is 5.32 Å². The van der Waals surface area contributed by atoms with Crippen molar-refractivity contribution >= 4 is 5.97 Å². The SMILES string of the molecule is CCC(CCCOCC1CCCO1)(NC)C(=O)O. The first kappa shape index (κ1) is 15.4. The molecule has 0 bridgehead atoms. The van der Waals surface area contributed by atoms with E-state index in [1.165, 1.54) is 0 Å². The molecule has 2 unspecified atom stereocenters. The largest absolute Gasteiger partial charge is 0.480 e. The summed E-state index contributed by atoms with van der Waals surface area (Å²) in [7, 11) is 1.70. The van der Waals surface area contributed by atoms with Crippen LogP contribution < -0.4 is 5.32 Å². The molecule has 1 aliphatic rings. The predicted molar refractivity (Wildman–Crippen MR) is 68.7 cm³/mol. The first-order valence-corrected chi connectivity index (χ1v) is 6.76. The number of nitrogens with one attached hydrogen (secondary N) is 1. The quantitative estimate of drug-likeness (QED) is 0.613. The van der Waals surface area contributed by atoms with Gasteiger partial charge in [-0.05, 0) is 39.2 Å². The van der Waals surface area contributed by atoms with Crippen molar-refractivity contribution in [2.75, 3.05) is 26.9 Å². The molecule has 106 valence electrons. The number of hydrogen-bond donors (Lipinski definition) is 2. The standard InChI is InChI=1S/C13H25NO4/c1-3-13(14-2,12(15)16)7-5-8-17-10-11-6-4-9-18-11/h11,14H,3-10H2,1-2H3,(H,15,16). The molecule has 0 amide bonds. The van der Waals surface area contributed by atoms with Gasteiger partial charge in [-0.25, -0.2) is 0 Å². The van der Waals surface area contributed by atoms with E-state index < -0.39 is 11.5 Å². The van der Waals surface area contributed by atoms with Crippen LogP contribution in [-0.2, 0) is 14.3 Å². The predicted octanol–water partition coefficient (Wildman–Crippen LogP) is 1.41. The Bertz CT molecular complexity index is 247. The number of aliphatic carboxylic acids is 1. The molecule has 0 saturated carbocycles. The van der Waals surface area contributed by atoms with Gasteiger partial charge >= 0.3 is 5.97 Å². The summed E-state index contributed by atoms with van der Waals surface area (Å²) in [5.74, 6) is -0.786. The lowest BCUT2D eigenvalue weighted by Gasteiger charge is -2.27. The molecule has 0 aromatic carbocycles. The van der Waals surface area contributed by atoms with Crippen molar-refractivity contribution < 1.29 is 19.4 Å². The zero-order chi connectivity index (χ0) is 13.4. The van der Waals surface area contributed by atoms with Gasteiger partial charge < -0.3 is 19.9 Å². The molecule has 2 atom stereocenters. The van der Waals surface area contributed by atoms with Gasteiger partial charge in [0.05, 0.1) is 12.7 Å². The molecule has 0 aromatic rings. The fraction of sp³-hybridized carbons (Fsp3) is 0.923. The van der Waals surface area contributed by atoms with Crippen LogP contribution in [0.25, 0.3) is 0 Å². The van der Waals surface area contributed by atoms with Crippen LogP contribution in [0.4, 0.5) is 0 Å². The van der Waals surface area contributed by atoms with E-state index in [9.17, 15) is 9.90 Å². The van der Waals surface area contributed by atoms with Crippen LogP contribution in [-0.4, -0.2) is 49.6 Å². The van der Waals surface area contributed by atoms with Crippen molar-refractivity contribution in [3.8, 4) is 0 Å². The summed E-state index contributed by atoms with van der Waals surface area (Å²) in [4.78, 5) is 11.2. The molecule has 18 heavy (non-hydrogen) atoms. The van der Waals surface area contributed by atoms with Crippen molar-refractivity contribution in [2.45, 2.75) is 50.7 Å². The summed E-state index contributed by atoms with van der Waals surface area (Å²) < 4.78 is 11.0. The monoisotopic (exact) mass is 259 g/mol. The highest BCUT2D eigenvalue weighted by Gasteiger charge is 2.34. The van der Waals surface area contributed by atoms with E-state index in [-0.39, 0.29) is 6.10 Å². The molecular formula is C13H25NO4. The fourth-order valence-corrected chi connectivity index (χ4v) is 2.31. The summed E-state index contributed by atoms with van der Waals surface area (Å²) in [5.41, 5.74) is -0.812. The van der Waals surface area contributed by atoms with Crippen molar-refractivity contribution in [3.05, 3.63) is 0 Å². The van der Waals surface area contributed by atoms with Crippen molar-refractivity contribution in [1.29, 1.82) is 0 Å². The second-order valence-electron chi connectivity index (χ2n) is 4.80. The molecule has 1 aliphatic heterocycles. The normalized spacial score (nSPS) is 22.9. The third kappa shape index (κ3) is 4.23. The van der Waals surface area contributed by atoms with E-state index in [0.717, 1.165) is 25.9 Å². The zero-order valence-electron chi connectivity index (χ0n) is 11.4. The number of rotatable bonds is 9. The van der Waals surface area contributed by atoms with Crippen molar-refractivity contribution in [2.24, 2.45) is 0 Å². The van der Waals surface area contributed by atoms with Crippen LogP contribution in [0.15, 0.2) is 0 Å². The average Bonchev–Trinajstić information content (AvgIpc) is 2.87. The van der Waals surface area contributed by atoms with Gasteiger partial charge in [0.15, 0.2) is 0 Å². The lowest BCUT2D eigenvalue weighted by molar-refractivity contribution is -0.145. The summed E-state index contributed by atoms with van der Waals surface area (Å²) in [6.07, 6.45) is 4.33. The Kier molecular flexibility index (Phi) is 6.60. The third-order valence-electron chi connectivity index (χ3n) is 3.71. The van der Waals surface area contributed by atoms with E-state index in [1.54, 1.807) is 7.05 Å². The smallest absolute Gasteiger partial charge is 0.323 e. The van der Waals surface area contributed by atoms with Crippen LogP contribution in [0.3, 0.4) is 0 Å². The van der Waals surface area contributed by atoms with Crippen molar-refractivity contribution in [3.63, 3.8) is 0 Å². The number of hydrogen-bond acceptors (Lipinski definition) is 4. The van der Waals surface area contributed by atoms with Crippen LogP contribution in [0.1, 0.15) is 39.0 Å². The lowest BCUT2D eigenvalue weighted by Crippen LogP contribution is -2.49. The van der Waals surface area contributed by atoms with Gasteiger partial charge in [0.1, 0.15) is 5.54 Å². The summed E-state index contributed by atoms with van der Waals surface area (Å²) >= 11 is 0. The molecule has 0 aromatic heterocycles. The van der Waals surface area contributed by atoms with Gasteiger partial charge in [-0.2, -0.15) is 0 Å². The molecule has 5 heteroatoms. The Morgan fingerprint density at radius 2 is 2.39 bits per heavy atom. The maximum atomic E-state index is 11.2. The highest BCUT2D eigenvalue weighted by molar-refractivity contribution is 5.78. The third-order valence-corrected chi connectivity index (χ3v) is 3.71. The molecule has 2 N–H and O–H groups in total. The molecule has 5 nitrogen and oxygen atoms in total.